The van der Waals surface area contributed by atoms with Gasteiger partial charge in [-0.05, 0) is 6.07 Å². The molecule has 106 valence electrons. The maximum Gasteiger partial charge on any atom is 0.228 e. The lowest BCUT2D eigenvalue weighted by molar-refractivity contribution is -0.140. The molecule has 0 unspecified atom stereocenters. The summed E-state index contributed by atoms with van der Waals surface area (Å²) in [6, 6.07) is 8.47. The van der Waals surface area contributed by atoms with Gasteiger partial charge >= 0.3 is 0 Å². The van der Waals surface area contributed by atoms with Crippen molar-refractivity contribution in [2.75, 3.05) is 6.54 Å². The van der Waals surface area contributed by atoms with E-state index >= 15 is 0 Å². The lowest BCUT2D eigenvalue weighted by Crippen LogP contribution is -2.42. The molecule has 0 aliphatic carbocycles. The zero-order valence-corrected chi connectivity index (χ0v) is 12.7. The van der Waals surface area contributed by atoms with E-state index in [1.54, 1.807) is 0 Å². The summed E-state index contributed by atoms with van der Waals surface area (Å²) >= 11 is 0. The topological polar surface area (TPSA) is 25.2 Å². The van der Waals surface area contributed by atoms with Crippen LogP contribution in [-0.2, 0) is 24.8 Å². The molecule has 2 aromatic rings. The highest BCUT2D eigenvalue weighted by Crippen LogP contribution is 2.31. The van der Waals surface area contributed by atoms with Gasteiger partial charge in [-0.25, -0.2) is 0 Å². The van der Waals surface area contributed by atoms with Crippen molar-refractivity contribution < 1.29 is 4.79 Å². The molecule has 2 heterocycles. The SMILES string of the molecule is Cn1c2c(c3ccccc31)CN(C(=O)C(C)(C)C)CC2. The second-order valence-corrected chi connectivity index (χ2v) is 6.73. The van der Waals surface area contributed by atoms with Gasteiger partial charge in [-0.3, -0.25) is 4.79 Å². The Bertz CT molecular complexity index is 676. The molecule has 3 nitrogen and oxygen atoms in total. The molecule has 1 aliphatic rings. The number of carbonyl (C=O) groups is 1. The smallest absolute Gasteiger partial charge is 0.228 e. The average molecular weight is 270 g/mol. The largest absolute Gasteiger partial charge is 0.347 e. The molecular formula is C17H22N2O. The van der Waals surface area contributed by atoms with Gasteiger partial charge in [0.15, 0.2) is 0 Å². The molecule has 1 amide bonds. The van der Waals surface area contributed by atoms with Crippen LogP contribution in [0.25, 0.3) is 10.9 Å². The first-order valence-corrected chi connectivity index (χ1v) is 7.24. The van der Waals surface area contributed by atoms with Gasteiger partial charge in [0.2, 0.25) is 5.91 Å². The molecule has 20 heavy (non-hydrogen) atoms. The lowest BCUT2D eigenvalue weighted by atomic mass is 9.93. The third-order valence-electron chi connectivity index (χ3n) is 4.24. The summed E-state index contributed by atoms with van der Waals surface area (Å²) < 4.78 is 2.28. The Labute approximate surface area is 120 Å². The van der Waals surface area contributed by atoms with Gasteiger partial charge in [-0.15, -0.1) is 0 Å². The number of carbonyl (C=O) groups excluding carboxylic acids is 1. The monoisotopic (exact) mass is 270 g/mol. The molecule has 0 N–H and O–H groups in total. The molecule has 0 bridgehead atoms. The summed E-state index contributed by atoms with van der Waals surface area (Å²) in [5.41, 5.74) is 3.67. The number of benzene rings is 1. The third-order valence-corrected chi connectivity index (χ3v) is 4.24. The van der Waals surface area contributed by atoms with Crippen LogP contribution in [-0.4, -0.2) is 21.9 Å². The predicted octanol–water partition coefficient (Wildman–Crippen LogP) is 3.11. The van der Waals surface area contributed by atoms with Crippen molar-refractivity contribution in [2.24, 2.45) is 12.5 Å². The molecule has 0 atom stereocenters. The highest BCUT2D eigenvalue weighted by Gasteiger charge is 2.31. The Balaban J connectivity index is 2.03. The Morgan fingerprint density at radius 3 is 2.60 bits per heavy atom. The van der Waals surface area contributed by atoms with Crippen LogP contribution in [0.1, 0.15) is 32.0 Å². The molecular weight excluding hydrogens is 248 g/mol. The van der Waals surface area contributed by atoms with Crippen molar-refractivity contribution in [3.05, 3.63) is 35.5 Å². The van der Waals surface area contributed by atoms with Crippen LogP contribution in [0.3, 0.4) is 0 Å². The minimum atomic E-state index is -0.303. The number of aromatic nitrogens is 1. The van der Waals surface area contributed by atoms with E-state index < -0.39 is 0 Å². The number of nitrogens with zero attached hydrogens (tertiary/aromatic N) is 2. The van der Waals surface area contributed by atoms with Crippen LogP contribution in [0.5, 0.6) is 0 Å². The maximum absolute atomic E-state index is 12.5. The first kappa shape index (κ1) is 13.2. The highest BCUT2D eigenvalue weighted by molar-refractivity contribution is 5.87. The highest BCUT2D eigenvalue weighted by atomic mass is 16.2. The first-order valence-electron chi connectivity index (χ1n) is 7.24. The molecule has 0 saturated carbocycles. The van der Waals surface area contributed by atoms with Crippen molar-refractivity contribution in [1.29, 1.82) is 0 Å². The van der Waals surface area contributed by atoms with Gasteiger partial charge in [-0.1, -0.05) is 39.0 Å². The van der Waals surface area contributed by atoms with E-state index in [2.05, 4.69) is 35.9 Å². The summed E-state index contributed by atoms with van der Waals surface area (Å²) in [5, 5.41) is 1.29. The van der Waals surface area contributed by atoms with Gasteiger partial charge in [0.25, 0.3) is 0 Å². The number of para-hydroxylation sites is 1. The van der Waals surface area contributed by atoms with Crippen LogP contribution in [0.2, 0.25) is 0 Å². The normalized spacial score (nSPS) is 15.5. The Morgan fingerprint density at radius 2 is 1.90 bits per heavy atom. The fraction of sp³-hybridized carbons (Fsp3) is 0.471. The minimum Gasteiger partial charge on any atom is -0.347 e. The maximum atomic E-state index is 12.5. The third kappa shape index (κ3) is 1.92. The molecule has 0 fully saturated rings. The van der Waals surface area contributed by atoms with Crippen molar-refractivity contribution >= 4 is 16.8 Å². The van der Waals surface area contributed by atoms with Crippen LogP contribution >= 0.6 is 0 Å². The van der Waals surface area contributed by atoms with Crippen LogP contribution in [0, 0.1) is 5.41 Å². The quantitative estimate of drug-likeness (QED) is 0.722. The van der Waals surface area contributed by atoms with Crippen LogP contribution < -0.4 is 0 Å². The van der Waals surface area contributed by atoms with Gasteiger partial charge in [0, 0.05) is 54.1 Å². The minimum absolute atomic E-state index is 0.246. The summed E-state index contributed by atoms with van der Waals surface area (Å²) in [5.74, 6) is 0.246. The molecule has 0 radical (unpaired) electrons. The Kier molecular flexibility index (Phi) is 2.89. The van der Waals surface area contributed by atoms with E-state index in [1.165, 1.54) is 22.2 Å². The zero-order valence-electron chi connectivity index (χ0n) is 12.7. The lowest BCUT2D eigenvalue weighted by Gasteiger charge is -2.33. The van der Waals surface area contributed by atoms with E-state index in [0.717, 1.165) is 19.5 Å². The number of rotatable bonds is 0. The molecule has 0 saturated heterocycles. The number of aryl methyl sites for hydroxylation is 1. The number of fused-ring (bicyclic) bond motifs is 3. The van der Waals surface area contributed by atoms with Gasteiger partial charge in [0.1, 0.15) is 0 Å². The number of hydrogen-bond acceptors (Lipinski definition) is 1. The Hall–Kier alpha value is -1.77. The van der Waals surface area contributed by atoms with Gasteiger partial charge < -0.3 is 9.47 Å². The van der Waals surface area contributed by atoms with Crippen molar-refractivity contribution in [2.45, 2.75) is 33.7 Å². The van der Waals surface area contributed by atoms with Crippen molar-refractivity contribution in [3.8, 4) is 0 Å². The van der Waals surface area contributed by atoms with E-state index in [0.29, 0.717) is 0 Å². The Morgan fingerprint density at radius 1 is 1.20 bits per heavy atom. The summed E-state index contributed by atoms with van der Waals surface area (Å²) in [7, 11) is 2.13. The molecule has 1 aromatic heterocycles. The summed E-state index contributed by atoms with van der Waals surface area (Å²) in [6.45, 7) is 7.55. The fourth-order valence-corrected chi connectivity index (χ4v) is 3.18. The predicted molar refractivity (Wildman–Crippen MR) is 81.5 cm³/mol. The van der Waals surface area contributed by atoms with Gasteiger partial charge in [-0.2, -0.15) is 0 Å². The van der Waals surface area contributed by atoms with Crippen LogP contribution in [0.15, 0.2) is 24.3 Å². The zero-order chi connectivity index (χ0) is 14.5. The second kappa shape index (κ2) is 4.37. The average Bonchev–Trinajstić information content (AvgIpc) is 2.71. The van der Waals surface area contributed by atoms with E-state index in [4.69, 9.17) is 0 Å². The van der Waals surface area contributed by atoms with Crippen molar-refractivity contribution in [1.82, 2.24) is 9.47 Å². The molecule has 3 rings (SSSR count). The van der Waals surface area contributed by atoms with Crippen molar-refractivity contribution in [3.63, 3.8) is 0 Å². The first-order chi connectivity index (χ1) is 9.39. The molecule has 1 aromatic carbocycles. The molecule has 0 spiro atoms. The van der Waals surface area contributed by atoms with Crippen LogP contribution in [0.4, 0.5) is 0 Å². The summed E-state index contributed by atoms with van der Waals surface area (Å²) in [6.07, 6.45) is 0.947. The standard InChI is InChI=1S/C17H22N2O/c1-17(2,3)16(20)19-10-9-15-13(11-19)12-7-5-6-8-14(12)18(15)4/h5-8H,9-11H2,1-4H3. The van der Waals surface area contributed by atoms with E-state index in [9.17, 15) is 4.79 Å². The van der Waals surface area contributed by atoms with E-state index in [-0.39, 0.29) is 11.3 Å². The van der Waals surface area contributed by atoms with E-state index in [1.807, 2.05) is 25.7 Å². The van der Waals surface area contributed by atoms with Gasteiger partial charge in [0.05, 0.1) is 0 Å². The fourth-order valence-electron chi connectivity index (χ4n) is 3.18. The second-order valence-electron chi connectivity index (χ2n) is 6.73. The molecule has 1 aliphatic heterocycles. The number of hydrogen-bond donors (Lipinski definition) is 0. The number of amides is 1. The molecule has 3 heteroatoms. The summed E-state index contributed by atoms with van der Waals surface area (Å²) in [4.78, 5) is 14.5.